The zero-order valence-corrected chi connectivity index (χ0v) is 12.6. The van der Waals surface area contributed by atoms with Gasteiger partial charge in [0.1, 0.15) is 12.4 Å². The van der Waals surface area contributed by atoms with E-state index in [9.17, 15) is 9.90 Å². The lowest BCUT2D eigenvalue weighted by Crippen LogP contribution is -2.39. The maximum absolute atomic E-state index is 11.6. The van der Waals surface area contributed by atoms with Crippen molar-refractivity contribution in [3.63, 3.8) is 0 Å². The number of amides is 2. The highest BCUT2D eigenvalue weighted by atomic mass is 35.5. The van der Waals surface area contributed by atoms with Crippen molar-refractivity contribution in [3.05, 3.63) is 29.3 Å². The van der Waals surface area contributed by atoms with Crippen LogP contribution in [0.5, 0.6) is 5.75 Å². The van der Waals surface area contributed by atoms with E-state index in [1.807, 2.05) is 0 Å². The van der Waals surface area contributed by atoms with Crippen LogP contribution in [-0.4, -0.2) is 36.9 Å². The first kappa shape index (κ1) is 15.9. The van der Waals surface area contributed by atoms with Gasteiger partial charge in [0.2, 0.25) is 0 Å². The number of benzene rings is 1. The molecule has 0 unspecified atom stereocenters. The van der Waals surface area contributed by atoms with E-state index in [4.69, 9.17) is 16.3 Å². The van der Waals surface area contributed by atoms with E-state index < -0.39 is 0 Å². The molecule has 2 amide bonds. The molecular formula is C15H21ClN2O3. The number of nitrogens with one attached hydrogen (secondary N) is 2. The molecule has 1 aromatic carbocycles. The molecule has 1 saturated carbocycles. The Morgan fingerprint density at radius 1 is 1.29 bits per heavy atom. The zero-order chi connectivity index (χ0) is 15.1. The second-order valence-corrected chi connectivity index (χ2v) is 5.71. The van der Waals surface area contributed by atoms with Crippen LogP contribution in [0, 0.1) is 5.92 Å². The molecule has 0 aliphatic heterocycles. The number of rotatable bonds is 6. The summed E-state index contributed by atoms with van der Waals surface area (Å²) in [5.41, 5.74) is 0. The Kier molecular flexibility index (Phi) is 6.14. The molecule has 5 nitrogen and oxygen atoms in total. The predicted octanol–water partition coefficient (Wildman–Crippen LogP) is 2.18. The predicted molar refractivity (Wildman–Crippen MR) is 81.7 cm³/mol. The van der Waals surface area contributed by atoms with E-state index in [2.05, 4.69) is 10.6 Å². The van der Waals surface area contributed by atoms with E-state index in [-0.39, 0.29) is 12.1 Å². The molecule has 0 spiro atoms. The van der Waals surface area contributed by atoms with Gasteiger partial charge in [0.15, 0.2) is 0 Å². The highest BCUT2D eigenvalue weighted by molar-refractivity contribution is 6.30. The van der Waals surface area contributed by atoms with Crippen molar-refractivity contribution >= 4 is 17.6 Å². The van der Waals surface area contributed by atoms with Gasteiger partial charge in [0, 0.05) is 11.6 Å². The van der Waals surface area contributed by atoms with Crippen LogP contribution >= 0.6 is 11.6 Å². The standard InChI is InChI=1S/C15H21ClN2O3/c16-12-2-5-14(6-3-12)21-8-7-17-15(20)18-10-11-1-4-13(19)9-11/h2-3,5-6,11,13,19H,1,4,7-10H2,(H2,17,18,20)/t11-,13+/m0/s1. The molecule has 1 aliphatic rings. The molecule has 0 radical (unpaired) electrons. The van der Waals surface area contributed by atoms with Crippen molar-refractivity contribution in [3.8, 4) is 5.75 Å². The van der Waals surface area contributed by atoms with Crippen LogP contribution in [0.4, 0.5) is 4.79 Å². The van der Waals surface area contributed by atoms with Crippen molar-refractivity contribution in [2.45, 2.75) is 25.4 Å². The zero-order valence-electron chi connectivity index (χ0n) is 11.8. The monoisotopic (exact) mass is 312 g/mol. The summed E-state index contributed by atoms with van der Waals surface area (Å²) >= 11 is 5.78. The maximum Gasteiger partial charge on any atom is 0.314 e. The molecule has 21 heavy (non-hydrogen) atoms. The minimum atomic E-state index is -0.201. The summed E-state index contributed by atoms with van der Waals surface area (Å²) in [6, 6.07) is 6.89. The summed E-state index contributed by atoms with van der Waals surface area (Å²) in [6.45, 7) is 1.44. The molecule has 0 saturated heterocycles. The number of carbonyl (C=O) groups excluding carboxylic acids is 1. The van der Waals surface area contributed by atoms with Crippen LogP contribution in [0.15, 0.2) is 24.3 Å². The number of ether oxygens (including phenoxy) is 1. The van der Waals surface area contributed by atoms with Crippen LogP contribution < -0.4 is 15.4 Å². The fourth-order valence-corrected chi connectivity index (χ4v) is 2.52. The smallest absolute Gasteiger partial charge is 0.314 e. The summed E-state index contributed by atoms with van der Waals surface area (Å²) in [5.74, 6) is 1.11. The van der Waals surface area contributed by atoms with E-state index in [1.165, 1.54) is 0 Å². The first-order valence-electron chi connectivity index (χ1n) is 7.21. The summed E-state index contributed by atoms with van der Waals surface area (Å²) < 4.78 is 5.47. The number of halogens is 1. The van der Waals surface area contributed by atoms with Crippen LogP contribution in [0.3, 0.4) is 0 Å². The molecule has 6 heteroatoms. The van der Waals surface area contributed by atoms with Gasteiger partial charge < -0.3 is 20.5 Å². The molecule has 2 atom stereocenters. The summed E-state index contributed by atoms with van der Waals surface area (Å²) in [6.07, 6.45) is 2.39. The first-order valence-corrected chi connectivity index (χ1v) is 7.59. The van der Waals surface area contributed by atoms with Gasteiger partial charge in [-0.25, -0.2) is 4.79 Å². The Morgan fingerprint density at radius 3 is 2.71 bits per heavy atom. The van der Waals surface area contributed by atoms with Crippen molar-refractivity contribution in [2.75, 3.05) is 19.7 Å². The third-order valence-corrected chi connectivity index (χ3v) is 3.79. The lowest BCUT2D eigenvalue weighted by molar-refractivity contribution is 0.177. The van der Waals surface area contributed by atoms with Gasteiger partial charge in [0.05, 0.1) is 12.6 Å². The van der Waals surface area contributed by atoms with Gasteiger partial charge in [-0.05, 0) is 49.4 Å². The van der Waals surface area contributed by atoms with Crippen molar-refractivity contribution in [1.29, 1.82) is 0 Å². The summed E-state index contributed by atoms with van der Waals surface area (Å²) in [4.78, 5) is 11.6. The van der Waals surface area contributed by atoms with Crippen molar-refractivity contribution in [1.82, 2.24) is 10.6 Å². The second-order valence-electron chi connectivity index (χ2n) is 5.27. The van der Waals surface area contributed by atoms with Crippen molar-refractivity contribution in [2.24, 2.45) is 5.92 Å². The lowest BCUT2D eigenvalue weighted by atomic mass is 10.1. The third-order valence-electron chi connectivity index (χ3n) is 3.53. The molecule has 3 N–H and O–H groups in total. The maximum atomic E-state index is 11.6. The first-order chi connectivity index (χ1) is 10.1. The van der Waals surface area contributed by atoms with Gasteiger partial charge in [-0.1, -0.05) is 11.6 Å². The number of hydrogen-bond donors (Lipinski definition) is 3. The highest BCUT2D eigenvalue weighted by Gasteiger charge is 2.22. The SMILES string of the molecule is O=C(NCCOc1ccc(Cl)cc1)NC[C@H]1CC[C@@H](O)C1. The number of aliphatic hydroxyl groups excluding tert-OH is 1. The van der Waals surface area contributed by atoms with Gasteiger partial charge >= 0.3 is 6.03 Å². The van der Waals surface area contributed by atoms with E-state index in [0.717, 1.165) is 25.0 Å². The summed E-state index contributed by atoms with van der Waals surface area (Å²) in [5, 5.41) is 15.6. The van der Waals surface area contributed by atoms with Gasteiger partial charge in [-0.3, -0.25) is 0 Å². The van der Waals surface area contributed by atoms with Crippen LogP contribution in [0.1, 0.15) is 19.3 Å². The van der Waals surface area contributed by atoms with E-state index in [1.54, 1.807) is 24.3 Å². The molecule has 1 aliphatic carbocycles. The van der Waals surface area contributed by atoms with Gasteiger partial charge in [0.25, 0.3) is 0 Å². The second kappa shape index (κ2) is 8.10. The molecule has 1 aromatic rings. The Hall–Kier alpha value is -1.46. The minimum absolute atomic E-state index is 0.198. The Labute approximate surface area is 129 Å². The third kappa shape index (κ3) is 5.81. The topological polar surface area (TPSA) is 70.6 Å². The molecule has 0 bridgehead atoms. The molecule has 1 fully saturated rings. The van der Waals surface area contributed by atoms with Gasteiger partial charge in [-0.2, -0.15) is 0 Å². The molecule has 2 rings (SSSR count). The van der Waals surface area contributed by atoms with Crippen LogP contribution in [0.25, 0.3) is 0 Å². The van der Waals surface area contributed by atoms with Crippen LogP contribution in [0.2, 0.25) is 5.02 Å². The van der Waals surface area contributed by atoms with Gasteiger partial charge in [-0.15, -0.1) is 0 Å². The lowest BCUT2D eigenvalue weighted by Gasteiger charge is -2.12. The number of carbonyl (C=O) groups is 1. The Morgan fingerprint density at radius 2 is 2.05 bits per heavy atom. The summed E-state index contributed by atoms with van der Waals surface area (Å²) in [7, 11) is 0. The molecule has 0 aromatic heterocycles. The molecular weight excluding hydrogens is 292 g/mol. The fourth-order valence-electron chi connectivity index (χ4n) is 2.40. The Bertz CT molecular complexity index is 453. The number of urea groups is 1. The number of aliphatic hydroxyl groups is 1. The Balaban J connectivity index is 1.54. The number of hydrogen-bond acceptors (Lipinski definition) is 3. The average Bonchev–Trinajstić information content (AvgIpc) is 2.89. The van der Waals surface area contributed by atoms with E-state index >= 15 is 0 Å². The molecule has 0 heterocycles. The average molecular weight is 313 g/mol. The fraction of sp³-hybridized carbons (Fsp3) is 0.533. The van der Waals surface area contributed by atoms with Crippen molar-refractivity contribution < 1.29 is 14.6 Å². The molecule has 116 valence electrons. The minimum Gasteiger partial charge on any atom is -0.492 e. The highest BCUT2D eigenvalue weighted by Crippen LogP contribution is 2.24. The quantitative estimate of drug-likeness (QED) is 0.705. The largest absolute Gasteiger partial charge is 0.492 e. The van der Waals surface area contributed by atoms with Crippen LogP contribution in [-0.2, 0) is 0 Å². The normalized spacial score (nSPS) is 21.0. The van der Waals surface area contributed by atoms with E-state index in [0.29, 0.717) is 30.6 Å².